The minimum atomic E-state index is -0.699. The van der Waals surface area contributed by atoms with Crippen LogP contribution < -0.4 is 16.0 Å². The fourth-order valence-electron chi connectivity index (χ4n) is 2.03. The van der Waals surface area contributed by atoms with Crippen LogP contribution in [-0.4, -0.2) is 16.9 Å². The van der Waals surface area contributed by atoms with E-state index in [1.165, 1.54) is 24.0 Å². The largest absolute Gasteiger partial charge is 0.508 e. The van der Waals surface area contributed by atoms with Gasteiger partial charge in [0.25, 0.3) is 5.91 Å². The quantitative estimate of drug-likeness (QED) is 0.450. The van der Waals surface area contributed by atoms with Gasteiger partial charge in [-0.3, -0.25) is 14.5 Å². The number of nitrogen functional groups attached to an aromatic ring is 1. The molecule has 2 rings (SSSR count). The number of nitrogens with one attached hydrogen (secondary N) is 1. The molecule has 7 nitrogen and oxygen atoms in total. The van der Waals surface area contributed by atoms with E-state index < -0.39 is 5.91 Å². The highest BCUT2D eigenvalue weighted by Gasteiger charge is 2.15. The first-order valence-electron chi connectivity index (χ1n) is 7.28. The number of hydrogen-bond donors (Lipinski definition) is 3. The molecule has 2 aromatic carbocycles. The molecule has 0 fully saturated rings. The van der Waals surface area contributed by atoms with E-state index in [0.717, 1.165) is 6.20 Å². The van der Waals surface area contributed by atoms with E-state index in [4.69, 9.17) is 5.73 Å². The maximum absolute atomic E-state index is 12.3. The molecule has 4 N–H and O–H groups in total. The molecular weight excluding hydrogens is 320 g/mol. The number of benzene rings is 2. The van der Waals surface area contributed by atoms with Gasteiger partial charge in [-0.15, -0.1) is 0 Å². The molecule has 2 aromatic rings. The molecule has 0 aliphatic rings. The Kier molecular flexibility index (Phi) is 5.38. The Morgan fingerprint density at radius 3 is 2.48 bits per heavy atom. The molecular formula is C18H16N4O3. The van der Waals surface area contributed by atoms with Crippen molar-refractivity contribution in [2.45, 2.75) is 6.92 Å². The predicted molar refractivity (Wildman–Crippen MR) is 94.4 cm³/mol. The third-order valence-corrected chi connectivity index (χ3v) is 3.24. The van der Waals surface area contributed by atoms with Crippen LogP contribution in [0.25, 0.3) is 0 Å². The van der Waals surface area contributed by atoms with Crippen molar-refractivity contribution in [3.05, 3.63) is 60.3 Å². The number of rotatable bonds is 4. The number of anilines is 3. The van der Waals surface area contributed by atoms with Gasteiger partial charge in [0.15, 0.2) is 0 Å². The van der Waals surface area contributed by atoms with E-state index in [9.17, 15) is 20.0 Å². The highest BCUT2D eigenvalue weighted by atomic mass is 16.3. The number of carbonyl (C=O) groups is 2. The number of aromatic hydroxyl groups is 1. The van der Waals surface area contributed by atoms with Gasteiger partial charge < -0.3 is 16.2 Å². The second-order valence-electron chi connectivity index (χ2n) is 5.14. The lowest BCUT2D eigenvalue weighted by Crippen LogP contribution is -2.25. The number of phenolic OH excluding ortho intramolecular Hbond substituents is 1. The Morgan fingerprint density at radius 1 is 1.24 bits per heavy atom. The van der Waals surface area contributed by atoms with Gasteiger partial charge in [0.1, 0.15) is 17.4 Å². The molecule has 0 aliphatic carbocycles. The number of hydrogen-bond acceptors (Lipinski definition) is 5. The summed E-state index contributed by atoms with van der Waals surface area (Å²) in [6.07, 6.45) is 1.16. The zero-order valence-electron chi connectivity index (χ0n) is 13.4. The first-order valence-corrected chi connectivity index (χ1v) is 7.28. The summed E-state index contributed by atoms with van der Waals surface area (Å²) in [5.74, 6) is -1.09. The van der Waals surface area contributed by atoms with Crippen LogP contribution >= 0.6 is 0 Å². The molecule has 2 amide bonds. The number of nitrogens with two attached hydrogens (primary N) is 1. The topological polar surface area (TPSA) is 119 Å². The SMILES string of the molecule is CC(=O)N(/C=C(/C#N)C(=O)Nc1cccc(O)c1)c1ccc(N)cc1. The molecule has 0 bridgehead atoms. The van der Waals surface area contributed by atoms with Gasteiger partial charge in [0, 0.05) is 36.3 Å². The van der Waals surface area contributed by atoms with E-state index in [0.29, 0.717) is 17.1 Å². The van der Waals surface area contributed by atoms with Crippen molar-refractivity contribution >= 4 is 28.9 Å². The van der Waals surface area contributed by atoms with Crippen molar-refractivity contribution in [3.63, 3.8) is 0 Å². The van der Waals surface area contributed by atoms with Crippen LogP contribution in [0.1, 0.15) is 6.92 Å². The molecule has 25 heavy (non-hydrogen) atoms. The summed E-state index contributed by atoms with van der Waals surface area (Å²) in [7, 11) is 0. The molecule has 7 heteroatoms. The second-order valence-corrected chi connectivity index (χ2v) is 5.14. The van der Waals surface area contributed by atoms with Crippen molar-refractivity contribution in [3.8, 4) is 11.8 Å². The summed E-state index contributed by atoms with van der Waals surface area (Å²) < 4.78 is 0. The van der Waals surface area contributed by atoms with Crippen molar-refractivity contribution in [2.75, 3.05) is 16.0 Å². The third kappa shape index (κ3) is 4.59. The van der Waals surface area contributed by atoms with Crippen LogP contribution in [0.15, 0.2) is 60.3 Å². The number of nitriles is 1. The molecule has 0 aliphatic heterocycles. The predicted octanol–water partition coefficient (Wildman–Crippen LogP) is 2.37. The maximum Gasteiger partial charge on any atom is 0.267 e. The van der Waals surface area contributed by atoms with Gasteiger partial charge in [0.05, 0.1) is 0 Å². The zero-order chi connectivity index (χ0) is 18.4. The first kappa shape index (κ1) is 17.6. The fourth-order valence-corrected chi connectivity index (χ4v) is 2.03. The molecule has 0 radical (unpaired) electrons. The average Bonchev–Trinajstić information content (AvgIpc) is 2.56. The minimum Gasteiger partial charge on any atom is -0.508 e. The van der Waals surface area contributed by atoms with E-state index in [1.807, 2.05) is 0 Å². The smallest absolute Gasteiger partial charge is 0.267 e. The Labute approximate surface area is 144 Å². The van der Waals surface area contributed by atoms with Crippen LogP contribution in [0.5, 0.6) is 5.75 Å². The minimum absolute atomic E-state index is 0.0208. The normalized spacial score (nSPS) is 10.6. The van der Waals surface area contributed by atoms with Crippen molar-refractivity contribution < 1.29 is 14.7 Å². The lowest BCUT2D eigenvalue weighted by Gasteiger charge is -2.17. The summed E-state index contributed by atoms with van der Waals surface area (Å²) in [5.41, 5.74) is 6.68. The van der Waals surface area contributed by atoms with Crippen molar-refractivity contribution in [1.29, 1.82) is 5.26 Å². The van der Waals surface area contributed by atoms with E-state index >= 15 is 0 Å². The van der Waals surface area contributed by atoms with Crippen LogP contribution in [0, 0.1) is 11.3 Å². The van der Waals surface area contributed by atoms with Crippen LogP contribution in [-0.2, 0) is 9.59 Å². The Balaban J connectivity index is 2.29. The zero-order valence-corrected chi connectivity index (χ0v) is 13.4. The number of nitrogens with zero attached hydrogens (tertiary/aromatic N) is 2. The van der Waals surface area contributed by atoms with Crippen molar-refractivity contribution in [1.82, 2.24) is 0 Å². The van der Waals surface area contributed by atoms with Crippen LogP contribution in [0.4, 0.5) is 17.1 Å². The molecule has 0 heterocycles. The summed E-state index contributed by atoms with van der Waals surface area (Å²) in [6, 6.07) is 14.1. The molecule has 126 valence electrons. The molecule has 0 spiro atoms. The summed E-state index contributed by atoms with van der Waals surface area (Å²) in [4.78, 5) is 25.3. The molecule has 0 aromatic heterocycles. The molecule has 0 saturated heterocycles. The molecule has 0 saturated carbocycles. The van der Waals surface area contributed by atoms with E-state index in [2.05, 4.69) is 5.32 Å². The lowest BCUT2D eigenvalue weighted by atomic mass is 10.2. The third-order valence-electron chi connectivity index (χ3n) is 3.24. The van der Waals surface area contributed by atoms with Gasteiger partial charge in [0.2, 0.25) is 5.91 Å². The molecule has 0 unspecified atom stereocenters. The van der Waals surface area contributed by atoms with Gasteiger partial charge in [-0.1, -0.05) is 6.07 Å². The number of amides is 2. The highest BCUT2D eigenvalue weighted by Crippen LogP contribution is 2.19. The highest BCUT2D eigenvalue weighted by molar-refractivity contribution is 6.08. The van der Waals surface area contributed by atoms with Gasteiger partial charge in [-0.25, -0.2) is 0 Å². The lowest BCUT2D eigenvalue weighted by molar-refractivity contribution is -0.116. The summed E-state index contributed by atoms with van der Waals surface area (Å²) >= 11 is 0. The van der Waals surface area contributed by atoms with Gasteiger partial charge in [-0.2, -0.15) is 5.26 Å². The Bertz CT molecular complexity index is 867. The standard InChI is InChI=1S/C18H16N4O3/c1-12(23)22(16-7-5-14(20)6-8-16)11-13(10-19)18(25)21-15-3-2-4-17(24)9-15/h2-9,11,24H,20H2,1H3,(H,21,25)/b13-11-. The van der Waals surface area contributed by atoms with Gasteiger partial charge >= 0.3 is 0 Å². The number of phenols is 1. The monoisotopic (exact) mass is 336 g/mol. The van der Waals surface area contributed by atoms with Crippen molar-refractivity contribution in [2.24, 2.45) is 0 Å². The van der Waals surface area contributed by atoms with Crippen LogP contribution in [0.2, 0.25) is 0 Å². The van der Waals surface area contributed by atoms with E-state index in [-0.39, 0.29) is 17.2 Å². The average molecular weight is 336 g/mol. The van der Waals surface area contributed by atoms with E-state index in [1.54, 1.807) is 42.5 Å². The Hall–Kier alpha value is -3.79. The van der Waals surface area contributed by atoms with Gasteiger partial charge in [-0.05, 0) is 36.4 Å². The summed E-state index contributed by atoms with van der Waals surface area (Å²) in [6.45, 7) is 1.31. The maximum atomic E-state index is 12.3. The first-order chi connectivity index (χ1) is 11.9. The van der Waals surface area contributed by atoms with Crippen LogP contribution in [0.3, 0.4) is 0 Å². The fraction of sp³-hybridized carbons (Fsp3) is 0.0556. The second kappa shape index (κ2) is 7.66. The number of carbonyl (C=O) groups excluding carboxylic acids is 2. The Morgan fingerprint density at radius 2 is 1.92 bits per heavy atom. The summed E-state index contributed by atoms with van der Waals surface area (Å²) in [5, 5.41) is 21.2. The molecule has 0 atom stereocenters.